The minimum Gasteiger partial charge on any atom is -0.460 e. The van der Waals surface area contributed by atoms with Gasteiger partial charge in [-0.05, 0) is 61.6 Å². The van der Waals surface area contributed by atoms with Gasteiger partial charge in [-0.25, -0.2) is 4.79 Å². The topological polar surface area (TPSA) is 55.8 Å². The zero-order valence-electron chi connectivity index (χ0n) is 22.1. The van der Waals surface area contributed by atoms with E-state index in [1.807, 2.05) is 48.5 Å². The molecule has 0 aromatic heterocycles. The summed E-state index contributed by atoms with van der Waals surface area (Å²) in [6.45, 7) is 0.992. The number of rotatable bonds is 6. The van der Waals surface area contributed by atoms with E-state index in [9.17, 15) is 22.5 Å². The molecule has 0 N–H and O–H groups in total. The standard InChI is InChI=1S/C29H30BF3NO4/c1-18-25(30(31,32)33)14-19(16-27(35)38-29(2,3)4)15-26(18)34(5)28(36)37-17-24-22-12-8-6-10-20(22)21-11-7-9-13-23(21)24/h6-15,24H,16-17H2,1-5H3/q-1. The molecule has 3 aromatic rings. The summed E-state index contributed by atoms with van der Waals surface area (Å²) in [5.74, 6) is -0.842. The number of fused-ring (bicyclic) bond motifs is 3. The quantitative estimate of drug-likeness (QED) is 0.280. The smallest absolute Gasteiger partial charge is 0.460 e. The fourth-order valence-corrected chi connectivity index (χ4v) is 4.91. The number of esters is 1. The molecule has 0 fully saturated rings. The van der Waals surface area contributed by atoms with Crippen LogP contribution in [0.4, 0.5) is 23.4 Å². The van der Waals surface area contributed by atoms with Crippen molar-refractivity contribution in [3.05, 3.63) is 82.9 Å². The molecule has 3 aromatic carbocycles. The van der Waals surface area contributed by atoms with Crippen LogP contribution in [0.1, 0.15) is 48.9 Å². The van der Waals surface area contributed by atoms with Crippen LogP contribution in [-0.2, 0) is 20.7 Å². The van der Waals surface area contributed by atoms with E-state index in [2.05, 4.69) is 0 Å². The van der Waals surface area contributed by atoms with Crippen molar-refractivity contribution in [2.75, 3.05) is 18.6 Å². The number of hydrogen-bond acceptors (Lipinski definition) is 4. The Morgan fingerprint density at radius 1 is 0.947 bits per heavy atom. The van der Waals surface area contributed by atoms with Gasteiger partial charge in [0.25, 0.3) is 0 Å². The molecule has 0 unspecified atom stereocenters. The van der Waals surface area contributed by atoms with Gasteiger partial charge in [0.05, 0.1) is 6.42 Å². The van der Waals surface area contributed by atoms with Gasteiger partial charge in [-0.2, -0.15) is 0 Å². The molecule has 4 rings (SSSR count). The number of anilines is 1. The Morgan fingerprint density at radius 2 is 1.50 bits per heavy atom. The second-order valence-corrected chi connectivity index (χ2v) is 10.5. The Hall–Kier alpha value is -3.75. The van der Waals surface area contributed by atoms with Gasteiger partial charge in [0, 0.05) is 18.7 Å². The number of carbonyl (C=O) groups excluding carboxylic acids is 2. The largest absolute Gasteiger partial charge is 0.509 e. The molecule has 9 heteroatoms. The third-order valence-corrected chi connectivity index (χ3v) is 6.57. The lowest BCUT2D eigenvalue weighted by Gasteiger charge is -2.27. The summed E-state index contributed by atoms with van der Waals surface area (Å²) in [6.07, 6.45) is -1.15. The second-order valence-electron chi connectivity index (χ2n) is 10.5. The number of amides is 1. The van der Waals surface area contributed by atoms with Gasteiger partial charge in [-0.1, -0.05) is 60.2 Å². The highest BCUT2D eigenvalue weighted by atomic mass is 19.4. The van der Waals surface area contributed by atoms with Gasteiger partial charge in [-0.15, -0.1) is 5.46 Å². The Morgan fingerprint density at radius 3 is 2.03 bits per heavy atom. The third kappa shape index (κ3) is 5.71. The van der Waals surface area contributed by atoms with Gasteiger partial charge < -0.3 is 22.4 Å². The summed E-state index contributed by atoms with van der Waals surface area (Å²) in [7, 11) is 1.37. The number of benzene rings is 3. The molecule has 0 spiro atoms. The highest BCUT2D eigenvalue weighted by Crippen LogP contribution is 2.44. The van der Waals surface area contributed by atoms with E-state index < -0.39 is 30.1 Å². The lowest BCUT2D eigenvalue weighted by Crippen LogP contribution is -2.39. The first-order chi connectivity index (χ1) is 17.8. The normalized spacial score (nSPS) is 13.1. The number of nitrogens with zero attached hydrogens (tertiary/aromatic N) is 1. The zero-order chi connectivity index (χ0) is 27.8. The molecule has 0 saturated carbocycles. The minimum absolute atomic E-state index is 0.0254. The number of halogens is 3. The fourth-order valence-electron chi connectivity index (χ4n) is 4.91. The molecule has 0 heterocycles. The summed E-state index contributed by atoms with van der Waals surface area (Å²) < 4.78 is 52.7. The van der Waals surface area contributed by atoms with Crippen LogP contribution in [0, 0.1) is 6.92 Å². The first-order valence-corrected chi connectivity index (χ1v) is 12.4. The van der Waals surface area contributed by atoms with Crippen LogP contribution >= 0.6 is 0 Å². The Balaban J connectivity index is 1.58. The molecule has 0 atom stereocenters. The van der Waals surface area contributed by atoms with Crippen LogP contribution in [0.3, 0.4) is 0 Å². The maximum absolute atomic E-state index is 13.9. The van der Waals surface area contributed by atoms with Gasteiger partial charge in [0.2, 0.25) is 0 Å². The molecular weight excluding hydrogens is 494 g/mol. The van der Waals surface area contributed by atoms with Crippen molar-refractivity contribution in [1.29, 1.82) is 0 Å². The first kappa shape index (κ1) is 27.3. The number of carbonyl (C=O) groups is 2. The van der Waals surface area contributed by atoms with Crippen LogP contribution in [0.25, 0.3) is 11.1 Å². The molecule has 1 amide bonds. The van der Waals surface area contributed by atoms with E-state index in [0.717, 1.165) is 33.2 Å². The average Bonchev–Trinajstić information content (AvgIpc) is 3.15. The molecule has 0 bridgehead atoms. The van der Waals surface area contributed by atoms with Crippen molar-refractivity contribution in [1.82, 2.24) is 0 Å². The predicted octanol–water partition coefficient (Wildman–Crippen LogP) is 6.32. The van der Waals surface area contributed by atoms with Crippen LogP contribution in [0.5, 0.6) is 0 Å². The lowest BCUT2D eigenvalue weighted by molar-refractivity contribution is -0.153. The maximum atomic E-state index is 13.9. The molecule has 200 valence electrons. The molecule has 0 radical (unpaired) electrons. The summed E-state index contributed by atoms with van der Waals surface area (Å²) in [4.78, 5) is 26.5. The Labute approximate surface area is 220 Å². The predicted molar refractivity (Wildman–Crippen MR) is 143 cm³/mol. The fraction of sp³-hybridized carbons (Fsp3) is 0.310. The van der Waals surface area contributed by atoms with Gasteiger partial charge in [-0.3, -0.25) is 9.69 Å². The molecule has 38 heavy (non-hydrogen) atoms. The molecule has 1 aliphatic rings. The minimum atomic E-state index is -5.39. The van der Waals surface area contributed by atoms with Crippen molar-refractivity contribution in [2.45, 2.75) is 45.6 Å². The van der Waals surface area contributed by atoms with Gasteiger partial charge in [0.1, 0.15) is 12.2 Å². The van der Waals surface area contributed by atoms with E-state index in [0.29, 0.717) is 0 Å². The van der Waals surface area contributed by atoms with Crippen molar-refractivity contribution in [3.8, 4) is 11.1 Å². The highest BCUT2D eigenvalue weighted by Gasteiger charge is 2.32. The van der Waals surface area contributed by atoms with Crippen molar-refractivity contribution < 1.29 is 32.0 Å². The van der Waals surface area contributed by atoms with Crippen molar-refractivity contribution in [3.63, 3.8) is 0 Å². The third-order valence-electron chi connectivity index (χ3n) is 6.57. The molecule has 0 saturated heterocycles. The summed E-state index contributed by atoms with van der Waals surface area (Å²) in [5.41, 5.74) is 2.58. The Kier molecular flexibility index (Phi) is 7.32. The van der Waals surface area contributed by atoms with E-state index in [1.165, 1.54) is 20.0 Å². The van der Waals surface area contributed by atoms with Crippen molar-refractivity contribution >= 4 is 30.2 Å². The highest BCUT2D eigenvalue weighted by molar-refractivity contribution is 6.74. The van der Waals surface area contributed by atoms with E-state index in [-0.39, 0.29) is 35.8 Å². The van der Waals surface area contributed by atoms with Crippen LogP contribution in [0.2, 0.25) is 0 Å². The molecule has 5 nitrogen and oxygen atoms in total. The maximum Gasteiger partial charge on any atom is 0.509 e. The lowest BCUT2D eigenvalue weighted by atomic mass is 9.75. The average molecular weight is 524 g/mol. The molecular formula is C29H30BF3NO4-. The van der Waals surface area contributed by atoms with Crippen LogP contribution in [0.15, 0.2) is 60.7 Å². The van der Waals surface area contributed by atoms with E-state index in [1.54, 1.807) is 20.8 Å². The van der Waals surface area contributed by atoms with Gasteiger partial charge in [0.15, 0.2) is 0 Å². The number of hydrogen-bond donors (Lipinski definition) is 0. The summed E-state index contributed by atoms with van der Waals surface area (Å²) in [6, 6.07) is 18.1. The van der Waals surface area contributed by atoms with Gasteiger partial charge >= 0.3 is 19.0 Å². The van der Waals surface area contributed by atoms with Crippen molar-refractivity contribution in [2.24, 2.45) is 0 Å². The van der Waals surface area contributed by atoms with E-state index in [4.69, 9.17) is 9.47 Å². The molecule has 0 aliphatic heterocycles. The zero-order valence-corrected chi connectivity index (χ0v) is 22.1. The molecule has 1 aliphatic carbocycles. The summed E-state index contributed by atoms with van der Waals surface area (Å²) in [5, 5.41) is 0. The van der Waals surface area contributed by atoms with Crippen LogP contribution < -0.4 is 10.4 Å². The Bertz CT molecular complexity index is 1340. The summed E-state index contributed by atoms with van der Waals surface area (Å²) >= 11 is 0. The SMILES string of the molecule is Cc1c(N(C)C(=O)OCC2c3ccccc3-c3ccccc32)cc(CC(=O)OC(C)(C)C)cc1[B-](F)(F)F. The first-order valence-electron chi connectivity index (χ1n) is 12.4. The second kappa shape index (κ2) is 10.2. The van der Waals surface area contributed by atoms with E-state index >= 15 is 0 Å². The van der Waals surface area contributed by atoms with Crippen LogP contribution in [-0.4, -0.2) is 38.3 Å². The number of ether oxygens (including phenoxy) is 2. The monoisotopic (exact) mass is 524 g/mol.